The topological polar surface area (TPSA) is 70.5 Å². The summed E-state index contributed by atoms with van der Waals surface area (Å²) in [5.74, 6) is 0.0933. The maximum atomic E-state index is 14.5. The van der Waals surface area contributed by atoms with E-state index in [0.29, 0.717) is 31.2 Å². The summed E-state index contributed by atoms with van der Waals surface area (Å²) in [6.07, 6.45) is 6.99. The average molecular weight is 643 g/mol. The van der Waals surface area contributed by atoms with Gasteiger partial charge in [0.1, 0.15) is 17.2 Å². The van der Waals surface area contributed by atoms with Crippen LogP contribution in [0.1, 0.15) is 76.2 Å². The second-order valence-corrected chi connectivity index (χ2v) is 14.6. The number of imidazole rings is 1. The number of benzene rings is 2. The van der Waals surface area contributed by atoms with E-state index in [4.69, 9.17) is 28.2 Å². The molecule has 3 atom stereocenters. The molecule has 2 bridgehead atoms. The number of likely N-dealkylation sites (tertiary alicyclic amines) is 1. The number of alkyl halides is 2. The van der Waals surface area contributed by atoms with Crippen molar-refractivity contribution in [2.75, 3.05) is 19.6 Å². The molecule has 3 saturated heterocycles. The quantitative estimate of drug-likeness (QED) is 0.293. The van der Waals surface area contributed by atoms with Crippen LogP contribution in [0.15, 0.2) is 48.5 Å². The molecule has 3 aliphatic rings. The van der Waals surface area contributed by atoms with Crippen LogP contribution >= 0.6 is 23.2 Å². The Bertz CT molecular complexity index is 1520. The summed E-state index contributed by atoms with van der Waals surface area (Å²) >= 11 is 11.4. The van der Waals surface area contributed by atoms with E-state index in [9.17, 15) is 14.0 Å². The van der Waals surface area contributed by atoms with E-state index >= 15 is 0 Å². The van der Waals surface area contributed by atoms with Gasteiger partial charge in [-0.1, -0.05) is 47.5 Å². The highest BCUT2D eigenvalue weighted by atomic mass is 35.5. The van der Waals surface area contributed by atoms with E-state index in [1.165, 1.54) is 24.4 Å². The molecule has 1 aromatic heterocycles. The van der Waals surface area contributed by atoms with Gasteiger partial charge in [-0.15, -0.1) is 0 Å². The lowest BCUT2D eigenvalue weighted by atomic mass is 9.70. The van der Waals surface area contributed by atoms with Crippen molar-refractivity contribution in [3.63, 3.8) is 0 Å². The zero-order valence-corrected chi connectivity index (χ0v) is 27.3. The minimum atomic E-state index is -1.24. The number of amides is 2. The SMILES string of the molecule is Cc1nc2ccccc2n1C1C[C@H]2CC[C@@H](C1)N2CCC1(c2cccc(F)c2)CCN(C(=O)C(C)(C)NC(=O)C(Cl)Cl)CC1. The van der Waals surface area contributed by atoms with Gasteiger partial charge in [-0.2, -0.15) is 0 Å². The highest BCUT2D eigenvalue weighted by Gasteiger charge is 2.45. The Labute approximate surface area is 269 Å². The number of para-hydroxylation sites is 2. The summed E-state index contributed by atoms with van der Waals surface area (Å²) in [6, 6.07) is 16.9. The third-order valence-electron chi connectivity index (χ3n) is 10.5. The van der Waals surface area contributed by atoms with Crippen molar-refractivity contribution < 1.29 is 14.0 Å². The van der Waals surface area contributed by atoms with Crippen molar-refractivity contribution >= 4 is 46.0 Å². The minimum absolute atomic E-state index is 0.171. The maximum Gasteiger partial charge on any atom is 0.254 e. The zero-order valence-electron chi connectivity index (χ0n) is 25.7. The molecule has 236 valence electrons. The molecule has 10 heteroatoms. The third-order valence-corrected chi connectivity index (χ3v) is 10.9. The van der Waals surface area contributed by atoms with E-state index in [2.05, 4.69) is 46.0 Å². The molecule has 2 amide bonds. The van der Waals surface area contributed by atoms with Gasteiger partial charge in [-0.3, -0.25) is 14.5 Å². The zero-order chi connectivity index (χ0) is 31.2. The van der Waals surface area contributed by atoms with E-state index in [1.54, 1.807) is 26.0 Å². The maximum absolute atomic E-state index is 14.5. The number of halogens is 3. The molecule has 4 heterocycles. The van der Waals surface area contributed by atoms with Crippen molar-refractivity contribution in [3.8, 4) is 0 Å². The smallest absolute Gasteiger partial charge is 0.254 e. The predicted octanol–water partition coefficient (Wildman–Crippen LogP) is 6.30. The molecule has 44 heavy (non-hydrogen) atoms. The Kier molecular flexibility index (Phi) is 8.72. The number of fused-ring (bicyclic) bond motifs is 3. The Morgan fingerprint density at radius 3 is 2.39 bits per heavy atom. The lowest BCUT2D eigenvalue weighted by Crippen LogP contribution is -2.59. The van der Waals surface area contributed by atoms with Crippen LogP contribution in [-0.2, 0) is 15.0 Å². The van der Waals surface area contributed by atoms with Gasteiger partial charge in [0.25, 0.3) is 5.91 Å². The number of piperidine rings is 2. The molecule has 0 spiro atoms. The molecule has 3 aliphatic heterocycles. The second kappa shape index (κ2) is 12.3. The number of nitrogens with one attached hydrogen (secondary N) is 1. The molecule has 0 aliphatic carbocycles. The summed E-state index contributed by atoms with van der Waals surface area (Å²) < 4.78 is 17.0. The number of hydrogen-bond acceptors (Lipinski definition) is 4. The van der Waals surface area contributed by atoms with Crippen LogP contribution in [0.2, 0.25) is 0 Å². The fourth-order valence-electron chi connectivity index (χ4n) is 8.24. The number of rotatable bonds is 8. The van der Waals surface area contributed by atoms with Crippen molar-refractivity contribution in [1.82, 2.24) is 24.7 Å². The summed E-state index contributed by atoms with van der Waals surface area (Å²) in [5, 5.41) is 2.67. The fraction of sp³-hybridized carbons (Fsp3) is 0.559. The van der Waals surface area contributed by atoms with Crippen molar-refractivity contribution in [2.45, 2.75) is 99.6 Å². The lowest BCUT2D eigenvalue weighted by Gasteiger charge is -2.46. The normalized spacial score (nSPS) is 23.8. The van der Waals surface area contributed by atoms with Crippen molar-refractivity contribution in [2.24, 2.45) is 0 Å². The van der Waals surface area contributed by atoms with Gasteiger partial charge in [0.15, 0.2) is 4.84 Å². The van der Waals surface area contributed by atoms with Crippen LogP contribution in [0, 0.1) is 12.7 Å². The van der Waals surface area contributed by atoms with E-state index in [-0.39, 0.29) is 17.1 Å². The van der Waals surface area contributed by atoms with Crippen LogP contribution < -0.4 is 5.32 Å². The van der Waals surface area contributed by atoms with Gasteiger partial charge in [0, 0.05) is 31.2 Å². The van der Waals surface area contributed by atoms with E-state index in [1.807, 2.05) is 11.0 Å². The standard InChI is InChI=1S/C34H42Cl2FN5O2/c1-22-38-28-9-4-5-10-29(28)42(22)27-20-25-11-12-26(21-27)41(25)18-15-34(23-7-6-8-24(37)19-23)13-16-40(17-14-34)32(44)33(2,3)39-31(43)30(35)36/h4-10,19,25-27,30H,11-18,20-21H2,1-3H3,(H,39,43)/t25-,26+,27?. The highest BCUT2D eigenvalue weighted by molar-refractivity contribution is 6.53. The summed E-state index contributed by atoms with van der Waals surface area (Å²) in [5.41, 5.74) is 1.92. The van der Waals surface area contributed by atoms with Crippen molar-refractivity contribution in [3.05, 3.63) is 65.7 Å². The molecule has 1 N–H and O–H groups in total. The van der Waals surface area contributed by atoms with Crippen LogP contribution in [0.3, 0.4) is 0 Å². The lowest BCUT2D eigenvalue weighted by molar-refractivity contribution is -0.141. The molecular weight excluding hydrogens is 600 g/mol. The minimum Gasteiger partial charge on any atom is -0.341 e. The molecule has 3 fully saturated rings. The van der Waals surface area contributed by atoms with Crippen LogP contribution in [0.4, 0.5) is 4.39 Å². The van der Waals surface area contributed by atoms with Gasteiger partial charge in [0.2, 0.25) is 5.91 Å². The Hall–Kier alpha value is -2.68. The highest BCUT2D eigenvalue weighted by Crippen LogP contribution is 2.45. The average Bonchev–Trinajstić information content (AvgIpc) is 3.46. The van der Waals surface area contributed by atoms with E-state index < -0.39 is 16.3 Å². The Morgan fingerprint density at radius 1 is 1.05 bits per heavy atom. The van der Waals surface area contributed by atoms with Crippen LogP contribution in [0.25, 0.3) is 11.0 Å². The van der Waals surface area contributed by atoms with Gasteiger partial charge in [0.05, 0.1) is 11.0 Å². The number of carbonyl (C=O) groups is 2. The molecule has 6 rings (SSSR count). The molecular formula is C34H42Cl2FN5O2. The third kappa shape index (κ3) is 5.97. The Morgan fingerprint density at radius 2 is 1.73 bits per heavy atom. The number of hydrogen-bond donors (Lipinski definition) is 1. The number of aryl methyl sites for hydroxylation is 1. The first-order valence-corrected chi connectivity index (χ1v) is 16.7. The molecule has 3 aromatic rings. The first-order valence-electron chi connectivity index (χ1n) is 15.8. The van der Waals surface area contributed by atoms with Gasteiger partial charge < -0.3 is 14.8 Å². The van der Waals surface area contributed by atoms with Gasteiger partial charge >= 0.3 is 0 Å². The first kappa shape index (κ1) is 31.3. The molecule has 0 saturated carbocycles. The largest absolute Gasteiger partial charge is 0.341 e. The number of carbonyl (C=O) groups excluding carboxylic acids is 2. The Balaban J connectivity index is 1.16. The summed E-state index contributed by atoms with van der Waals surface area (Å²) in [7, 11) is 0. The molecule has 1 unspecified atom stereocenters. The predicted molar refractivity (Wildman–Crippen MR) is 172 cm³/mol. The molecule has 2 aromatic carbocycles. The van der Waals surface area contributed by atoms with Gasteiger partial charge in [-0.05, 0) is 108 Å². The summed E-state index contributed by atoms with van der Waals surface area (Å²) in [4.78, 5) is 33.7. The van der Waals surface area contributed by atoms with Gasteiger partial charge in [-0.25, -0.2) is 9.37 Å². The number of aromatic nitrogens is 2. The van der Waals surface area contributed by atoms with Crippen LogP contribution in [0.5, 0.6) is 0 Å². The second-order valence-electron chi connectivity index (χ2n) is 13.5. The van der Waals surface area contributed by atoms with Crippen molar-refractivity contribution in [1.29, 1.82) is 0 Å². The monoisotopic (exact) mass is 641 g/mol. The molecule has 7 nitrogen and oxygen atoms in total. The first-order chi connectivity index (χ1) is 21.0. The fourth-order valence-corrected chi connectivity index (χ4v) is 8.35. The number of nitrogens with zero attached hydrogens (tertiary/aromatic N) is 4. The summed E-state index contributed by atoms with van der Waals surface area (Å²) in [6.45, 7) is 7.47. The van der Waals surface area contributed by atoms with Crippen LogP contribution in [-0.4, -0.2) is 73.3 Å². The van der Waals surface area contributed by atoms with E-state index in [0.717, 1.165) is 55.6 Å². The molecule has 0 radical (unpaired) electrons.